The lowest BCUT2D eigenvalue weighted by atomic mass is 9.79. The Balaban J connectivity index is 2.67. The van der Waals surface area contributed by atoms with Gasteiger partial charge in [-0.3, -0.25) is 0 Å². The number of rotatable bonds is 0. The third-order valence-corrected chi connectivity index (χ3v) is 2.32. The van der Waals surface area contributed by atoms with Crippen molar-refractivity contribution in [1.29, 1.82) is 0 Å². The minimum atomic E-state index is -0.719. The molecule has 3 heteroatoms. The molecule has 1 rings (SSSR count). The lowest BCUT2D eigenvalue weighted by Gasteiger charge is -2.41. The van der Waals surface area contributed by atoms with Crippen molar-refractivity contribution < 1.29 is 14.9 Å². The van der Waals surface area contributed by atoms with Crippen LogP contribution in [0.15, 0.2) is 0 Å². The van der Waals surface area contributed by atoms with Crippen LogP contribution in [0.2, 0.25) is 0 Å². The molecule has 2 N–H and O–H groups in total. The summed E-state index contributed by atoms with van der Waals surface area (Å²) in [5.41, 5.74) is -0.239. The summed E-state index contributed by atoms with van der Waals surface area (Å²) in [6.07, 6.45) is -0.971. The highest BCUT2D eigenvalue weighted by Crippen LogP contribution is 2.34. The molecule has 0 aromatic heterocycles. The Hall–Kier alpha value is -0.120. The smallest absolute Gasteiger partial charge is 0.155 e. The molecule has 0 radical (unpaired) electrons. The predicted octanol–water partition coefficient (Wildman–Crippen LogP) is 0.501. The standard InChI is InChI=1S/C8H16O3/c1-5-7(10)8(2,3)4-6(9)11-5/h5-7,9-10H,4H2,1-3H3. The second-order valence-corrected chi connectivity index (χ2v) is 3.93. The van der Waals surface area contributed by atoms with Gasteiger partial charge in [-0.1, -0.05) is 13.8 Å². The van der Waals surface area contributed by atoms with Crippen LogP contribution in [-0.2, 0) is 4.74 Å². The van der Waals surface area contributed by atoms with Gasteiger partial charge in [0.25, 0.3) is 0 Å². The molecule has 0 aliphatic carbocycles. The molecule has 0 aromatic rings. The van der Waals surface area contributed by atoms with Gasteiger partial charge in [-0.2, -0.15) is 0 Å². The van der Waals surface area contributed by atoms with Gasteiger partial charge in [0.15, 0.2) is 6.29 Å². The van der Waals surface area contributed by atoms with Gasteiger partial charge in [0.2, 0.25) is 0 Å². The van der Waals surface area contributed by atoms with E-state index in [9.17, 15) is 10.2 Å². The van der Waals surface area contributed by atoms with E-state index < -0.39 is 12.4 Å². The number of aliphatic hydroxyl groups excluding tert-OH is 2. The van der Waals surface area contributed by atoms with Gasteiger partial charge in [-0.25, -0.2) is 0 Å². The second kappa shape index (κ2) is 2.73. The molecule has 1 fully saturated rings. The van der Waals surface area contributed by atoms with Crippen LogP contribution >= 0.6 is 0 Å². The van der Waals surface area contributed by atoms with Crippen LogP contribution in [0.3, 0.4) is 0 Å². The molecule has 0 aromatic carbocycles. The van der Waals surface area contributed by atoms with E-state index >= 15 is 0 Å². The first-order valence-electron chi connectivity index (χ1n) is 3.95. The largest absolute Gasteiger partial charge is 0.390 e. The van der Waals surface area contributed by atoms with Crippen LogP contribution in [0, 0.1) is 5.41 Å². The van der Waals surface area contributed by atoms with E-state index in [1.807, 2.05) is 13.8 Å². The Labute approximate surface area is 67.0 Å². The Bertz CT molecular complexity index is 144. The molecule has 1 aliphatic rings. The van der Waals surface area contributed by atoms with Crippen molar-refractivity contribution in [2.75, 3.05) is 0 Å². The maximum absolute atomic E-state index is 9.59. The molecule has 66 valence electrons. The van der Waals surface area contributed by atoms with Crippen LogP contribution in [0.1, 0.15) is 27.2 Å². The maximum Gasteiger partial charge on any atom is 0.155 e. The first-order valence-corrected chi connectivity index (χ1v) is 3.95. The van der Waals surface area contributed by atoms with Gasteiger partial charge in [0, 0.05) is 6.42 Å². The molecule has 11 heavy (non-hydrogen) atoms. The lowest BCUT2D eigenvalue weighted by molar-refractivity contribution is -0.232. The molecular formula is C8H16O3. The summed E-state index contributed by atoms with van der Waals surface area (Å²) < 4.78 is 5.04. The molecule has 1 heterocycles. The zero-order valence-corrected chi connectivity index (χ0v) is 7.24. The molecule has 3 nitrogen and oxygen atoms in total. The van der Waals surface area contributed by atoms with Gasteiger partial charge in [0.1, 0.15) is 0 Å². The van der Waals surface area contributed by atoms with Gasteiger partial charge in [-0.15, -0.1) is 0 Å². The van der Waals surface area contributed by atoms with E-state index in [-0.39, 0.29) is 11.5 Å². The lowest BCUT2D eigenvalue weighted by Crippen LogP contribution is -2.48. The summed E-state index contributed by atoms with van der Waals surface area (Å²) in [5.74, 6) is 0. The highest BCUT2D eigenvalue weighted by Gasteiger charge is 2.40. The second-order valence-electron chi connectivity index (χ2n) is 3.93. The number of hydrogen-bond donors (Lipinski definition) is 2. The summed E-state index contributed by atoms with van der Waals surface area (Å²) in [5, 5.41) is 18.8. The molecule has 3 atom stereocenters. The van der Waals surface area contributed by atoms with Crippen LogP contribution in [0.4, 0.5) is 0 Å². The monoisotopic (exact) mass is 160 g/mol. The van der Waals surface area contributed by atoms with Crippen LogP contribution in [0.5, 0.6) is 0 Å². The van der Waals surface area contributed by atoms with Crippen molar-refractivity contribution in [3.63, 3.8) is 0 Å². The number of ether oxygens (including phenoxy) is 1. The number of aliphatic hydroxyl groups is 2. The van der Waals surface area contributed by atoms with Gasteiger partial charge >= 0.3 is 0 Å². The third kappa shape index (κ3) is 1.72. The topological polar surface area (TPSA) is 49.7 Å². The fraction of sp³-hybridized carbons (Fsp3) is 1.00. The van der Waals surface area contributed by atoms with Crippen molar-refractivity contribution >= 4 is 0 Å². The third-order valence-electron chi connectivity index (χ3n) is 2.32. The summed E-state index contributed by atoms with van der Waals surface area (Å²) >= 11 is 0. The quantitative estimate of drug-likeness (QED) is 0.542. The molecule has 3 unspecified atom stereocenters. The highest BCUT2D eigenvalue weighted by molar-refractivity contribution is 4.86. The minimum absolute atomic E-state index is 0.239. The molecule has 1 aliphatic heterocycles. The zero-order valence-electron chi connectivity index (χ0n) is 7.24. The summed E-state index contributed by atoms with van der Waals surface area (Å²) in [4.78, 5) is 0. The van der Waals surface area contributed by atoms with E-state index in [2.05, 4.69) is 0 Å². The summed E-state index contributed by atoms with van der Waals surface area (Å²) in [6, 6.07) is 0. The SMILES string of the molecule is CC1OC(O)CC(C)(C)C1O. The van der Waals surface area contributed by atoms with Gasteiger partial charge in [0.05, 0.1) is 12.2 Å². The van der Waals surface area contributed by atoms with Crippen molar-refractivity contribution in [1.82, 2.24) is 0 Å². The average Bonchev–Trinajstić information content (AvgIpc) is 1.81. The predicted molar refractivity (Wildman–Crippen MR) is 41.0 cm³/mol. The Morgan fingerprint density at radius 3 is 2.36 bits per heavy atom. The van der Waals surface area contributed by atoms with Crippen LogP contribution in [-0.4, -0.2) is 28.7 Å². The van der Waals surface area contributed by atoms with Crippen molar-refractivity contribution in [3.05, 3.63) is 0 Å². The van der Waals surface area contributed by atoms with Crippen LogP contribution < -0.4 is 0 Å². The van der Waals surface area contributed by atoms with E-state index in [1.165, 1.54) is 0 Å². The first kappa shape index (κ1) is 8.97. The van der Waals surface area contributed by atoms with Gasteiger partial charge < -0.3 is 14.9 Å². The highest BCUT2D eigenvalue weighted by atomic mass is 16.6. The first-order chi connectivity index (χ1) is 4.93. The van der Waals surface area contributed by atoms with E-state index in [0.717, 1.165) is 0 Å². The fourth-order valence-corrected chi connectivity index (χ4v) is 1.58. The van der Waals surface area contributed by atoms with E-state index in [0.29, 0.717) is 6.42 Å². The van der Waals surface area contributed by atoms with E-state index in [1.54, 1.807) is 6.92 Å². The minimum Gasteiger partial charge on any atom is -0.390 e. The Morgan fingerprint density at radius 2 is 1.91 bits per heavy atom. The fourth-order valence-electron chi connectivity index (χ4n) is 1.58. The van der Waals surface area contributed by atoms with Crippen molar-refractivity contribution in [2.24, 2.45) is 5.41 Å². The molecule has 0 amide bonds. The molecule has 0 spiro atoms. The molecule has 1 saturated heterocycles. The summed E-state index contributed by atoms with van der Waals surface area (Å²) in [7, 11) is 0. The normalized spacial score (nSPS) is 43.9. The van der Waals surface area contributed by atoms with Crippen molar-refractivity contribution in [3.8, 4) is 0 Å². The van der Waals surface area contributed by atoms with E-state index in [4.69, 9.17) is 4.74 Å². The Kier molecular flexibility index (Phi) is 2.23. The average molecular weight is 160 g/mol. The molecular weight excluding hydrogens is 144 g/mol. The Morgan fingerprint density at radius 1 is 1.36 bits per heavy atom. The maximum atomic E-state index is 9.59. The molecule has 0 bridgehead atoms. The van der Waals surface area contributed by atoms with Gasteiger partial charge in [-0.05, 0) is 12.3 Å². The van der Waals surface area contributed by atoms with Crippen molar-refractivity contribution in [2.45, 2.75) is 45.7 Å². The zero-order chi connectivity index (χ0) is 8.65. The van der Waals surface area contributed by atoms with Crippen LogP contribution in [0.25, 0.3) is 0 Å². The molecule has 0 saturated carbocycles. The summed E-state index contributed by atoms with van der Waals surface area (Å²) in [6.45, 7) is 5.63. The number of hydrogen-bond acceptors (Lipinski definition) is 3.